The molecule has 17 heavy (non-hydrogen) atoms. The Morgan fingerprint density at radius 1 is 1.29 bits per heavy atom. The second kappa shape index (κ2) is 4.99. The Kier molecular flexibility index (Phi) is 3.42. The molecule has 90 valence electrons. The van der Waals surface area contributed by atoms with Crippen molar-refractivity contribution < 1.29 is 9.59 Å². The summed E-state index contributed by atoms with van der Waals surface area (Å²) in [4.78, 5) is 22.8. The van der Waals surface area contributed by atoms with Crippen molar-refractivity contribution >= 4 is 17.5 Å². The van der Waals surface area contributed by atoms with E-state index in [0.29, 0.717) is 17.3 Å². The molecule has 0 spiro atoms. The molecule has 1 aromatic rings. The van der Waals surface area contributed by atoms with Crippen LogP contribution in [0.4, 0.5) is 10.5 Å². The van der Waals surface area contributed by atoms with Crippen LogP contribution in [0.5, 0.6) is 0 Å². The Morgan fingerprint density at radius 3 is 2.65 bits per heavy atom. The van der Waals surface area contributed by atoms with Crippen molar-refractivity contribution in [2.75, 3.05) is 5.32 Å². The maximum absolute atomic E-state index is 11.6. The fourth-order valence-corrected chi connectivity index (χ4v) is 1.72. The number of Topliss-reactive ketones (excluding diaryl/α,β-unsaturated/α-hetero) is 1. The number of ketones is 1. The van der Waals surface area contributed by atoms with Gasteiger partial charge in [0.15, 0.2) is 5.78 Å². The molecular weight excluding hydrogens is 216 g/mol. The molecule has 0 atom stereocenters. The van der Waals surface area contributed by atoms with E-state index in [0.717, 1.165) is 12.8 Å². The van der Waals surface area contributed by atoms with Gasteiger partial charge < -0.3 is 10.6 Å². The van der Waals surface area contributed by atoms with E-state index >= 15 is 0 Å². The number of amides is 2. The molecule has 0 radical (unpaired) electrons. The number of nitrogens with one attached hydrogen (secondary N) is 2. The third-order valence-corrected chi connectivity index (χ3v) is 2.97. The molecular formula is C13H16N2O2. The van der Waals surface area contributed by atoms with Crippen molar-refractivity contribution in [3.05, 3.63) is 29.8 Å². The molecule has 1 aliphatic carbocycles. The molecule has 4 heteroatoms. The Labute approximate surface area is 100 Å². The van der Waals surface area contributed by atoms with Gasteiger partial charge in [-0.3, -0.25) is 4.79 Å². The Morgan fingerprint density at radius 2 is 2.06 bits per heavy atom. The topological polar surface area (TPSA) is 58.2 Å². The zero-order chi connectivity index (χ0) is 12.3. The first-order valence-electron chi connectivity index (χ1n) is 5.83. The monoisotopic (exact) mass is 232 g/mol. The number of urea groups is 1. The molecule has 1 aliphatic rings. The molecule has 4 nitrogen and oxygen atoms in total. The van der Waals surface area contributed by atoms with Gasteiger partial charge in [-0.25, -0.2) is 4.79 Å². The van der Waals surface area contributed by atoms with Crippen molar-refractivity contribution in [3.8, 4) is 0 Å². The zero-order valence-electron chi connectivity index (χ0n) is 9.82. The van der Waals surface area contributed by atoms with E-state index in [1.165, 1.54) is 13.3 Å². The summed E-state index contributed by atoms with van der Waals surface area (Å²) in [6.45, 7) is 1.51. The van der Waals surface area contributed by atoms with Crippen molar-refractivity contribution in [3.63, 3.8) is 0 Å². The first-order chi connectivity index (χ1) is 8.15. The Balaban J connectivity index is 1.95. The highest BCUT2D eigenvalue weighted by molar-refractivity contribution is 5.96. The first kappa shape index (κ1) is 11.6. The van der Waals surface area contributed by atoms with E-state index in [9.17, 15) is 9.59 Å². The number of carbonyl (C=O) groups is 2. The fraction of sp³-hybridized carbons (Fsp3) is 0.385. The Hall–Kier alpha value is -1.84. The highest BCUT2D eigenvalue weighted by Crippen LogP contribution is 2.18. The van der Waals surface area contributed by atoms with Crippen LogP contribution in [0.1, 0.15) is 36.5 Å². The van der Waals surface area contributed by atoms with Gasteiger partial charge >= 0.3 is 6.03 Å². The molecule has 1 saturated carbocycles. The van der Waals surface area contributed by atoms with Crippen molar-refractivity contribution in [1.82, 2.24) is 5.32 Å². The highest BCUT2D eigenvalue weighted by atomic mass is 16.2. The summed E-state index contributed by atoms with van der Waals surface area (Å²) in [7, 11) is 0. The van der Waals surface area contributed by atoms with Crippen LogP contribution < -0.4 is 10.6 Å². The van der Waals surface area contributed by atoms with Crippen LogP contribution in [0.25, 0.3) is 0 Å². The van der Waals surface area contributed by atoms with E-state index < -0.39 is 0 Å². The molecule has 1 aromatic carbocycles. The van der Waals surface area contributed by atoms with Gasteiger partial charge in [0.1, 0.15) is 0 Å². The third-order valence-electron chi connectivity index (χ3n) is 2.97. The lowest BCUT2D eigenvalue weighted by Gasteiger charge is -2.26. The molecule has 0 saturated heterocycles. The van der Waals surface area contributed by atoms with E-state index in [1.54, 1.807) is 24.3 Å². The van der Waals surface area contributed by atoms with E-state index in [-0.39, 0.29) is 11.8 Å². The molecule has 0 heterocycles. The van der Waals surface area contributed by atoms with Crippen molar-refractivity contribution in [1.29, 1.82) is 0 Å². The lowest BCUT2D eigenvalue weighted by molar-refractivity contribution is 0.101. The molecule has 0 aliphatic heterocycles. The molecule has 2 N–H and O–H groups in total. The minimum absolute atomic E-state index is 0.00643. The number of hydrogen-bond donors (Lipinski definition) is 2. The van der Waals surface area contributed by atoms with E-state index in [1.807, 2.05) is 0 Å². The van der Waals surface area contributed by atoms with Crippen LogP contribution in [0.3, 0.4) is 0 Å². The first-order valence-corrected chi connectivity index (χ1v) is 5.83. The van der Waals surface area contributed by atoms with Gasteiger partial charge in [0, 0.05) is 17.3 Å². The smallest absolute Gasteiger partial charge is 0.319 e. The summed E-state index contributed by atoms with van der Waals surface area (Å²) in [5, 5.41) is 5.61. The summed E-state index contributed by atoms with van der Waals surface area (Å²) in [6.07, 6.45) is 3.30. The second-order valence-corrected chi connectivity index (χ2v) is 4.36. The largest absolute Gasteiger partial charge is 0.335 e. The lowest BCUT2D eigenvalue weighted by atomic mass is 9.93. The maximum atomic E-state index is 11.6. The van der Waals surface area contributed by atoms with Gasteiger partial charge in [-0.05, 0) is 38.3 Å². The Bertz CT molecular complexity index is 439. The number of benzene rings is 1. The zero-order valence-corrected chi connectivity index (χ0v) is 9.82. The number of carbonyl (C=O) groups excluding carboxylic acids is 2. The van der Waals surface area contributed by atoms with Gasteiger partial charge in [0.25, 0.3) is 0 Å². The van der Waals surface area contributed by atoms with Crippen LogP contribution in [-0.2, 0) is 0 Å². The van der Waals surface area contributed by atoms with Gasteiger partial charge in [-0.2, -0.15) is 0 Å². The van der Waals surface area contributed by atoms with Crippen LogP contribution >= 0.6 is 0 Å². The van der Waals surface area contributed by atoms with Gasteiger partial charge in [0.05, 0.1) is 0 Å². The highest BCUT2D eigenvalue weighted by Gasteiger charge is 2.19. The predicted octanol–water partition coefficient (Wildman–Crippen LogP) is 2.56. The average Bonchev–Trinajstić information content (AvgIpc) is 2.24. The number of anilines is 1. The molecule has 2 amide bonds. The van der Waals surface area contributed by atoms with Crippen LogP contribution in [0, 0.1) is 0 Å². The summed E-state index contributed by atoms with van der Waals surface area (Å²) in [5.74, 6) is -0.00643. The number of rotatable bonds is 3. The molecule has 0 bridgehead atoms. The quantitative estimate of drug-likeness (QED) is 0.787. The van der Waals surface area contributed by atoms with Crippen LogP contribution in [0.2, 0.25) is 0 Å². The minimum Gasteiger partial charge on any atom is -0.335 e. The summed E-state index contributed by atoms with van der Waals surface area (Å²) in [6, 6.07) is 7.06. The standard InChI is InChI=1S/C13H16N2O2/c1-9(16)10-4-2-7-12(8-10)15-13(17)14-11-5-3-6-11/h2,4,7-8,11H,3,5-6H2,1H3,(H2,14,15,17). The number of hydrogen-bond acceptors (Lipinski definition) is 2. The summed E-state index contributed by atoms with van der Waals surface area (Å²) in [5.41, 5.74) is 1.25. The van der Waals surface area contributed by atoms with Gasteiger partial charge in [-0.1, -0.05) is 12.1 Å². The van der Waals surface area contributed by atoms with Gasteiger partial charge in [0.2, 0.25) is 0 Å². The van der Waals surface area contributed by atoms with Crippen molar-refractivity contribution in [2.24, 2.45) is 0 Å². The maximum Gasteiger partial charge on any atom is 0.319 e. The third kappa shape index (κ3) is 3.06. The van der Waals surface area contributed by atoms with E-state index in [4.69, 9.17) is 0 Å². The van der Waals surface area contributed by atoms with E-state index in [2.05, 4.69) is 10.6 Å². The average molecular weight is 232 g/mol. The van der Waals surface area contributed by atoms with Crippen LogP contribution in [-0.4, -0.2) is 17.9 Å². The summed E-state index contributed by atoms with van der Waals surface area (Å²) >= 11 is 0. The molecule has 0 aromatic heterocycles. The molecule has 1 fully saturated rings. The lowest BCUT2D eigenvalue weighted by Crippen LogP contribution is -2.41. The molecule has 0 unspecified atom stereocenters. The minimum atomic E-state index is -0.199. The van der Waals surface area contributed by atoms with Gasteiger partial charge in [-0.15, -0.1) is 0 Å². The summed E-state index contributed by atoms with van der Waals surface area (Å²) < 4.78 is 0. The van der Waals surface area contributed by atoms with Crippen molar-refractivity contribution in [2.45, 2.75) is 32.2 Å². The fourth-order valence-electron chi connectivity index (χ4n) is 1.72. The predicted molar refractivity (Wildman–Crippen MR) is 66.2 cm³/mol. The second-order valence-electron chi connectivity index (χ2n) is 4.36. The normalized spacial score (nSPS) is 14.9. The molecule has 2 rings (SSSR count). The SMILES string of the molecule is CC(=O)c1cccc(NC(=O)NC2CCC2)c1. The van der Waals surface area contributed by atoms with Crippen LogP contribution in [0.15, 0.2) is 24.3 Å².